The summed E-state index contributed by atoms with van der Waals surface area (Å²) in [6.07, 6.45) is 0.284. The van der Waals surface area contributed by atoms with E-state index in [1.165, 1.54) is 5.56 Å². The van der Waals surface area contributed by atoms with Crippen molar-refractivity contribution in [3.8, 4) is 0 Å². The average Bonchev–Trinajstić information content (AvgIpc) is 2.93. The highest BCUT2D eigenvalue weighted by Crippen LogP contribution is 2.28. The lowest BCUT2D eigenvalue weighted by Crippen LogP contribution is -2.42. The smallest absolute Gasteiger partial charge is 0.227 e. The molecule has 0 spiro atoms. The first kappa shape index (κ1) is 20.4. The second-order valence-corrected chi connectivity index (χ2v) is 8.77. The van der Waals surface area contributed by atoms with E-state index in [2.05, 4.69) is 50.0 Å². The molecule has 1 fully saturated rings. The van der Waals surface area contributed by atoms with Gasteiger partial charge in [-0.05, 0) is 43.1 Å². The summed E-state index contributed by atoms with van der Waals surface area (Å²) in [4.78, 5) is 28.9. The molecular weight excluding hydrogens is 326 g/mol. The van der Waals surface area contributed by atoms with Crippen LogP contribution in [0.3, 0.4) is 0 Å². The van der Waals surface area contributed by atoms with Crippen molar-refractivity contribution in [2.75, 3.05) is 38.6 Å². The summed E-state index contributed by atoms with van der Waals surface area (Å²) in [7, 11) is 4.06. The Balaban J connectivity index is 1.98. The van der Waals surface area contributed by atoms with Crippen molar-refractivity contribution in [2.45, 2.75) is 40.0 Å². The number of nitrogens with one attached hydrogen (secondary N) is 1. The molecule has 1 atom stereocenters. The predicted molar refractivity (Wildman–Crippen MR) is 106 cm³/mol. The summed E-state index contributed by atoms with van der Waals surface area (Å²) in [5.41, 5.74) is 2.09. The lowest BCUT2D eigenvalue weighted by atomic mass is 9.92. The van der Waals surface area contributed by atoms with Gasteiger partial charge in [-0.25, -0.2) is 0 Å². The van der Waals surface area contributed by atoms with Gasteiger partial charge in [-0.15, -0.1) is 0 Å². The molecule has 2 rings (SSSR count). The number of anilines is 1. The van der Waals surface area contributed by atoms with Gasteiger partial charge in [0.25, 0.3) is 0 Å². The van der Waals surface area contributed by atoms with Gasteiger partial charge in [-0.2, -0.15) is 0 Å². The second-order valence-electron chi connectivity index (χ2n) is 8.77. The molecule has 144 valence electrons. The Kier molecular flexibility index (Phi) is 6.45. The van der Waals surface area contributed by atoms with E-state index in [1.54, 1.807) is 4.90 Å². The van der Waals surface area contributed by atoms with Crippen molar-refractivity contribution in [1.29, 1.82) is 0 Å². The van der Waals surface area contributed by atoms with E-state index >= 15 is 0 Å². The molecule has 1 aliphatic heterocycles. The Hall–Kier alpha value is -1.88. The molecule has 1 aromatic rings. The van der Waals surface area contributed by atoms with Gasteiger partial charge in [0.1, 0.15) is 0 Å². The molecule has 1 aliphatic rings. The fraction of sp³-hybridized carbons (Fsp3) is 0.619. The summed E-state index contributed by atoms with van der Waals surface area (Å²) < 4.78 is 0. The molecule has 1 saturated heterocycles. The number of benzene rings is 1. The van der Waals surface area contributed by atoms with Crippen LogP contribution in [0.5, 0.6) is 0 Å². The maximum absolute atomic E-state index is 12.6. The van der Waals surface area contributed by atoms with E-state index < -0.39 is 0 Å². The maximum Gasteiger partial charge on any atom is 0.227 e. The number of hydrogen-bond donors (Lipinski definition) is 1. The Morgan fingerprint density at radius 1 is 1.35 bits per heavy atom. The molecule has 0 aliphatic carbocycles. The Bertz CT molecular complexity index is 652. The van der Waals surface area contributed by atoms with Crippen molar-refractivity contribution < 1.29 is 9.59 Å². The van der Waals surface area contributed by atoms with Crippen LogP contribution in [0.15, 0.2) is 24.3 Å². The summed E-state index contributed by atoms with van der Waals surface area (Å²) >= 11 is 0. The minimum atomic E-state index is -0.277. The van der Waals surface area contributed by atoms with E-state index in [0.29, 0.717) is 19.0 Å². The van der Waals surface area contributed by atoms with Gasteiger partial charge in [0, 0.05) is 31.7 Å². The van der Waals surface area contributed by atoms with Crippen LogP contribution in [0.25, 0.3) is 0 Å². The molecule has 26 heavy (non-hydrogen) atoms. The summed E-state index contributed by atoms with van der Waals surface area (Å²) in [6.45, 7) is 10.5. The normalized spacial score (nSPS) is 18.1. The first-order valence-corrected chi connectivity index (χ1v) is 9.42. The number of carbonyl (C=O) groups excluding carboxylic acids is 2. The van der Waals surface area contributed by atoms with Gasteiger partial charge in [-0.1, -0.05) is 39.8 Å². The van der Waals surface area contributed by atoms with E-state index in [1.807, 2.05) is 26.2 Å². The SMILES string of the molecule is CC(C)c1cccc(N2CC(C(=O)NCC(C)(C)CN(C)C)CC2=O)c1. The number of rotatable bonds is 7. The van der Waals surface area contributed by atoms with Crippen LogP contribution < -0.4 is 10.2 Å². The number of hydrogen-bond acceptors (Lipinski definition) is 3. The third-order valence-corrected chi connectivity index (χ3v) is 4.83. The van der Waals surface area contributed by atoms with Gasteiger partial charge < -0.3 is 15.1 Å². The molecule has 1 heterocycles. The van der Waals surface area contributed by atoms with Crippen LogP contribution in [-0.2, 0) is 9.59 Å². The average molecular weight is 360 g/mol. The predicted octanol–water partition coefficient (Wildman–Crippen LogP) is 2.87. The maximum atomic E-state index is 12.6. The van der Waals surface area contributed by atoms with Crippen molar-refractivity contribution in [1.82, 2.24) is 10.2 Å². The highest BCUT2D eigenvalue weighted by atomic mass is 16.2. The van der Waals surface area contributed by atoms with Gasteiger partial charge in [0.15, 0.2) is 0 Å². The number of nitrogens with zero attached hydrogens (tertiary/aromatic N) is 2. The first-order valence-electron chi connectivity index (χ1n) is 9.42. The molecular formula is C21H33N3O2. The largest absolute Gasteiger partial charge is 0.355 e. The van der Waals surface area contributed by atoms with E-state index in [0.717, 1.165) is 12.2 Å². The van der Waals surface area contributed by atoms with Crippen LogP contribution >= 0.6 is 0 Å². The van der Waals surface area contributed by atoms with Crippen LogP contribution in [0, 0.1) is 11.3 Å². The summed E-state index contributed by atoms with van der Waals surface area (Å²) in [5.74, 6) is 0.136. The highest BCUT2D eigenvalue weighted by molar-refractivity contribution is 6.00. The van der Waals surface area contributed by atoms with Crippen LogP contribution in [0.2, 0.25) is 0 Å². The minimum Gasteiger partial charge on any atom is -0.355 e. The van der Waals surface area contributed by atoms with Crippen molar-refractivity contribution in [3.63, 3.8) is 0 Å². The summed E-state index contributed by atoms with van der Waals surface area (Å²) in [5, 5.41) is 3.05. The molecule has 1 N–H and O–H groups in total. The van der Waals surface area contributed by atoms with Gasteiger partial charge in [-0.3, -0.25) is 9.59 Å². The lowest BCUT2D eigenvalue weighted by molar-refractivity contribution is -0.126. The van der Waals surface area contributed by atoms with Gasteiger partial charge >= 0.3 is 0 Å². The highest BCUT2D eigenvalue weighted by Gasteiger charge is 2.35. The first-order chi connectivity index (χ1) is 12.1. The molecule has 5 nitrogen and oxygen atoms in total. The standard InChI is InChI=1S/C21H33N3O2/c1-15(2)16-8-7-9-18(10-16)24-12-17(11-19(24)25)20(26)22-13-21(3,4)14-23(5)6/h7-10,15,17H,11-14H2,1-6H3,(H,22,26). The molecule has 1 unspecified atom stereocenters. The Morgan fingerprint density at radius 3 is 2.65 bits per heavy atom. The van der Waals surface area contributed by atoms with E-state index in [9.17, 15) is 9.59 Å². The fourth-order valence-corrected chi connectivity index (χ4v) is 3.57. The second kappa shape index (κ2) is 8.21. The van der Waals surface area contributed by atoms with Crippen molar-refractivity contribution in [2.24, 2.45) is 11.3 Å². The zero-order chi connectivity index (χ0) is 19.5. The molecule has 0 saturated carbocycles. The monoisotopic (exact) mass is 359 g/mol. The topological polar surface area (TPSA) is 52.7 Å². The summed E-state index contributed by atoms with van der Waals surface area (Å²) in [6, 6.07) is 8.06. The molecule has 5 heteroatoms. The van der Waals surface area contributed by atoms with E-state index in [4.69, 9.17) is 0 Å². The minimum absolute atomic E-state index is 0.00689. The van der Waals surface area contributed by atoms with Crippen LogP contribution in [0.4, 0.5) is 5.69 Å². The Morgan fingerprint density at radius 2 is 2.04 bits per heavy atom. The molecule has 2 amide bonds. The van der Waals surface area contributed by atoms with Crippen molar-refractivity contribution in [3.05, 3.63) is 29.8 Å². The fourth-order valence-electron chi connectivity index (χ4n) is 3.57. The zero-order valence-electron chi connectivity index (χ0n) is 17.0. The quantitative estimate of drug-likeness (QED) is 0.814. The van der Waals surface area contributed by atoms with Crippen LogP contribution in [-0.4, -0.2) is 50.4 Å². The molecule has 1 aromatic carbocycles. The van der Waals surface area contributed by atoms with Gasteiger partial charge in [0.05, 0.1) is 5.92 Å². The van der Waals surface area contributed by atoms with Crippen LogP contribution in [0.1, 0.15) is 45.6 Å². The van der Waals surface area contributed by atoms with Crippen molar-refractivity contribution >= 4 is 17.5 Å². The Labute approximate surface area is 157 Å². The molecule has 0 bridgehead atoms. The third-order valence-electron chi connectivity index (χ3n) is 4.83. The lowest BCUT2D eigenvalue weighted by Gasteiger charge is -2.29. The number of amides is 2. The number of carbonyl (C=O) groups is 2. The zero-order valence-corrected chi connectivity index (χ0v) is 17.0. The third kappa shape index (κ3) is 5.31. The molecule has 0 aromatic heterocycles. The van der Waals surface area contributed by atoms with Gasteiger partial charge in [0.2, 0.25) is 11.8 Å². The molecule has 0 radical (unpaired) electrons. The van der Waals surface area contributed by atoms with E-state index in [-0.39, 0.29) is 29.6 Å².